The number of rotatable bonds is 3. The summed E-state index contributed by atoms with van der Waals surface area (Å²) >= 11 is 3.66. The van der Waals surface area contributed by atoms with E-state index in [-0.39, 0.29) is 6.61 Å². The fraction of sp³-hybridized carbons (Fsp3) is 0.474. The molecule has 6 heteroatoms. The van der Waals surface area contributed by atoms with Crippen LogP contribution in [0, 0.1) is 5.92 Å². The maximum absolute atomic E-state index is 9.46. The second-order valence-electron chi connectivity index (χ2n) is 6.92. The molecule has 0 bridgehead atoms. The lowest BCUT2D eigenvalue weighted by atomic mass is 9.99. The van der Waals surface area contributed by atoms with E-state index in [2.05, 4.69) is 60.0 Å². The van der Waals surface area contributed by atoms with Crippen molar-refractivity contribution in [1.82, 2.24) is 9.97 Å². The minimum absolute atomic E-state index is 0.256. The summed E-state index contributed by atoms with van der Waals surface area (Å²) in [5, 5.41) is 9.46. The van der Waals surface area contributed by atoms with E-state index in [0.717, 1.165) is 57.1 Å². The van der Waals surface area contributed by atoms with Crippen LogP contribution in [0.1, 0.15) is 24.0 Å². The Kier molecular flexibility index (Phi) is 4.90. The smallest absolute Gasteiger partial charge is 0.134 e. The number of aliphatic hydroxyl groups excluding tert-OH is 1. The first-order chi connectivity index (χ1) is 12.2. The molecule has 2 aliphatic heterocycles. The SMILES string of the molecule is OCC1CCCN(c2cc(N3CCc4c(Br)cccc4C3)ncn2)C1. The van der Waals surface area contributed by atoms with E-state index in [1.165, 1.54) is 15.6 Å². The van der Waals surface area contributed by atoms with E-state index in [4.69, 9.17) is 0 Å². The van der Waals surface area contributed by atoms with Crippen molar-refractivity contribution in [2.75, 3.05) is 36.0 Å². The first-order valence-corrected chi connectivity index (χ1v) is 9.73. The van der Waals surface area contributed by atoms with Gasteiger partial charge in [0.1, 0.15) is 18.0 Å². The summed E-state index contributed by atoms with van der Waals surface area (Å²) in [6.45, 7) is 3.98. The number of aromatic nitrogens is 2. The standard InChI is InChI=1S/C19H23BrN4O/c20-17-5-1-4-15-11-24(8-6-16(15)17)19-9-18(21-13-22-19)23-7-2-3-14(10-23)12-25/h1,4-5,9,13-14,25H,2-3,6-8,10-12H2. The second kappa shape index (κ2) is 7.30. The van der Waals surface area contributed by atoms with Crippen molar-refractivity contribution in [1.29, 1.82) is 0 Å². The largest absolute Gasteiger partial charge is 0.396 e. The van der Waals surface area contributed by atoms with Crippen LogP contribution in [0.15, 0.2) is 35.1 Å². The van der Waals surface area contributed by atoms with Crippen molar-refractivity contribution < 1.29 is 5.11 Å². The molecule has 0 saturated carbocycles. The lowest BCUT2D eigenvalue weighted by Gasteiger charge is -2.34. The molecule has 1 unspecified atom stereocenters. The number of aliphatic hydroxyl groups is 1. The minimum atomic E-state index is 0.256. The van der Waals surface area contributed by atoms with Gasteiger partial charge < -0.3 is 14.9 Å². The first-order valence-electron chi connectivity index (χ1n) is 8.93. The molecule has 1 fully saturated rings. The van der Waals surface area contributed by atoms with Crippen LogP contribution in [-0.2, 0) is 13.0 Å². The van der Waals surface area contributed by atoms with Gasteiger partial charge >= 0.3 is 0 Å². The van der Waals surface area contributed by atoms with Crippen LogP contribution in [-0.4, -0.2) is 41.3 Å². The van der Waals surface area contributed by atoms with Gasteiger partial charge in [0.15, 0.2) is 0 Å². The number of anilines is 2. The highest BCUT2D eigenvalue weighted by Crippen LogP contribution is 2.30. The van der Waals surface area contributed by atoms with Crippen molar-refractivity contribution in [3.05, 3.63) is 46.2 Å². The van der Waals surface area contributed by atoms with Crippen LogP contribution in [0.5, 0.6) is 0 Å². The Hall–Kier alpha value is -1.66. The molecule has 0 amide bonds. The monoisotopic (exact) mass is 402 g/mol. The van der Waals surface area contributed by atoms with Crippen molar-refractivity contribution in [3.63, 3.8) is 0 Å². The zero-order valence-corrected chi connectivity index (χ0v) is 15.8. The molecule has 4 rings (SSSR count). The van der Waals surface area contributed by atoms with E-state index in [9.17, 15) is 5.11 Å². The fourth-order valence-electron chi connectivity index (χ4n) is 3.86. The molecule has 25 heavy (non-hydrogen) atoms. The van der Waals surface area contributed by atoms with E-state index in [1.807, 2.05) is 0 Å². The summed E-state index contributed by atoms with van der Waals surface area (Å²) in [7, 11) is 0. The molecule has 1 aromatic heterocycles. The Balaban J connectivity index is 1.54. The summed E-state index contributed by atoms with van der Waals surface area (Å²) < 4.78 is 1.20. The normalized spacial score (nSPS) is 20.5. The fourth-order valence-corrected chi connectivity index (χ4v) is 4.47. The molecule has 0 spiro atoms. The van der Waals surface area contributed by atoms with E-state index in [0.29, 0.717) is 5.92 Å². The van der Waals surface area contributed by atoms with Gasteiger partial charge in [-0.1, -0.05) is 28.1 Å². The molecule has 0 aliphatic carbocycles. The molecular formula is C19H23BrN4O. The average Bonchev–Trinajstić information content (AvgIpc) is 2.68. The summed E-state index contributed by atoms with van der Waals surface area (Å²) in [6.07, 6.45) is 4.90. The van der Waals surface area contributed by atoms with Crippen molar-refractivity contribution >= 4 is 27.6 Å². The third-order valence-electron chi connectivity index (χ3n) is 5.27. The highest BCUT2D eigenvalue weighted by molar-refractivity contribution is 9.10. The Bertz CT molecular complexity index is 754. The number of piperidine rings is 1. The first kappa shape index (κ1) is 16.8. The molecule has 0 radical (unpaired) electrons. The third kappa shape index (κ3) is 3.51. The van der Waals surface area contributed by atoms with E-state index < -0.39 is 0 Å². The number of halogens is 1. The third-order valence-corrected chi connectivity index (χ3v) is 6.02. The molecule has 5 nitrogen and oxygen atoms in total. The average molecular weight is 403 g/mol. The van der Waals surface area contributed by atoms with Crippen LogP contribution in [0.25, 0.3) is 0 Å². The Morgan fingerprint density at radius 2 is 2.00 bits per heavy atom. The lowest BCUT2D eigenvalue weighted by molar-refractivity contribution is 0.208. The van der Waals surface area contributed by atoms with Gasteiger partial charge in [0.25, 0.3) is 0 Å². The number of benzene rings is 1. The van der Waals surface area contributed by atoms with Crippen LogP contribution in [0.2, 0.25) is 0 Å². The minimum Gasteiger partial charge on any atom is -0.396 e. The quantitative estimate of drug-likeness (QED) is 0.854. The number of hydrogen-bond donors (Lipinski definition) is 1. The van der Waals surface area contributed by atoms with Gasteiger partial charge in [-0.2, -0.15) is 0 Å². The van der Waals surface area contributed by atoms with Gasteiger partial charge in [-0.15, -0.1) is 0 Å². The molecule has 1 atom stereocenters. The number of nitrogens with zero attached hydrogens (tertiary/aromatic N) is 4. The predicted molar refractivity (Wildman–Crippen MR) is 103 cm³/mol. The van der Waals surface area contributed by atoms with Crippen molar-refractivity contribution in [3.8, 4) is 0 Å². The van der Waals surface area contributed by atoms with E-state index in [1.54, 1.807) is 6.33 Å². The highest BCUT2D eigenvalue weighted by atomic mass is 79.9. The summed E-state index contributed by atoms with van der Waals surface area (Å²) in [5.41, 5.74) is 2.77. The van der Waals surface area contributed by atoms with Crippen LogP contribution in [0.4, 0.5) is 11.6 Å². The van der Waals surface area contributed by atoms with Gasteiger partial charge in [0.05, 0.1) is 0 Å². The predicted octanol–water partition coefficient (Wildman–Crippen LogP) is 3.01. The molecular weight excluding hydrogens is 380 g/mol. The molecule has 2 aliphatic rings. The van der Waals surface area contributed by atoms with Crippen LogP contribution < -0.4 is 9.80 Å². The summed E-state index contributed by atoms with van der Waals surface area (Å²) in [5.74, 6) is 2.32. The lowest BCUT2D eigenvalue weighted by Crippen LogP contribution is -2.37. The summed E-state index contributed by atoms with van der Waals surface area (Å²) in [6, 6.07) is 8.51. The van der Waals surface area contributed by atoms with Gasteiger partial charge in [-0.3, -0.25) is 0 Å². The van der Waals surface area contributed by atoms with Crippen molar-refractivity contribution in [2.24, 2.45) is 5.92 Å². The van der Waals surface area contributed by atoms with Gasteiger partial charge in [-0.25, -0.2) is 9.97 Å². The summed E-state index contributed by atoms with van der Waals surface area (Å²) in [4.78, 5) is 13.6. The Morgan fingerprint density at radius 1 is 1.16 bits per heavy atom. The topological polar surface area (TPSA) is 52.5 Å². The molecule has 1 aromatic carbocycles. The molecule has 1 N–H and O–H groups in total. The van der Waals surface area contributed by atoms with Gasteiger partial charge in [0.2, 0.25) is 0 Å². The zero-order chi connectivity index (χ0) is 17.2. The number of fused-ring (bicyclic) bond motifs is 1. The molecule has 2 aromatic rings. The Labute approximate surface area is 156 Å². The second-order valence-corrected chi connectivity index (χ2v) is 7.77. The Morgan fingerprint density at radius 3 is 2.84 bits per heavy atom. The van der Waals surface area contributed by atoms with Crippen molar-refractivity contribution in [2.45, 2.75) is 25.8 Å². The van der Waals surface area contributed by atoms with Gasteiger partial charge in [0, 0.05) is 43.3 Å². The van der Waals surface area contributed by atoms with Crippen LogP contribution in [0.3, 0.4) is 0 Å². The zero-order valence-electron chi connectivity index (χ0n) is 14.2. The molecule has 132 valence electrons. The van der Waals surface area contributed by atoms with E-state index >= 15 is 0 Å². The highest BCUT2D eigenvalue weighted by Gasteiger charge is 2.23. The molecule has 3 heterocycles. The van der Waals surface area contributed by atoms with Crippen LogP contribution >= 0.6 is 15.9 Å². The molecule has 1 saturated heterocycles. The maximum Gasteiger partial charge on any atom is 0.134 e. The maximum atomic E-state index is 9.46. The van der Waals surface area contributed by atoms with Gasteiger partial charge in [-0.05, 0) is 42.4 Å². The number of hydrogen-bond acceptors (Lipinski definition) is 5.